The first kappa shape index (κ1) is 8.59. The van der Waals surface area contributed by atoms with Crippen molar-refractivity contribution in [1.82, 2.24) is 0 Å². The highest BCUT2D eigenvalue weighted by Crippen LogP contribution is 2.15. The van der Waals surface area contributed by atoms with Gasteiger partial charge in [0.15, 0.2) is 0 Å². The molecule has 0 unspecified atom stereocenters. The van der Waals surface area contributed by atoms with Gasteiger partial charge in [0, 0.05) is 16.2 Å². The SMILES string of the molecule is [N-]=[N+]=Nc1ccc(C2=NCCO2)cc1. The van der Waals surface area contributed by atoms with E-state index >= 15 is 0 Å². The van der Waals surface area contributed by atoms with Crippen LogP contribution in [0, 0.1) is 0 Å². The van der Waals surface area contributed by atoms with Crippen LogP contribution >= 0.6 is 0 Å². The zero-order valence-electron chi connectivity index (χ0n) is 7.42. The fraction of sp³-hybridized carbons (Fsp3) is 0.222. The van der Waals surface area contributed by atoms with Gasteiger partial charge in [-0.3, -0.25) is 0 Å². The van der Waals surface area contributed by atoms with Crippen LogP contribution in [0.2, 0.25) is 0 Å². The number of benzene rings is 1. The smallest absolute Gasteiger partial charge is 0.216 e. The average Bonchev–Trinajstić information content (AvgIpc) is 2.72. The summed E-state index contributed by atoms with van der Waals surface area (Å²) in [5.74, 6) is 0.664. The van der Waals surface area contributed by atoms with Gasteiger partial charge in [0.2, 0.25) is 5.90 Å². The topological polar surface area (TPSA) is 70.4 Å². The molecular formula is C9H8N4O. The number of aliphatic imine (C=N–C) groups is 1. The molecule has 1 aliphatic heterocycles. The van der Waals surface area contributed by atoms with Crippen LogP contribution in [0.4, 0.5) is 5.69 Å². The molecule has 2 rings (SSSR count). The number of hydrogen-bond donors (Lipinski definition) is 0. The maximum absolute atomic E-state index is 8.21. The van der Waals surface area contributed by atoms with Gasteiger partial charge >= 0.3 is 0 Å². The van der Waals surface area contributed by atoms with Crippen molar-refractivity contribution in [3.63, 3.8) is 0 Å². The molecule has 0 saturated carbocycles. The Morgan fingerprint density at radius 1 is 1.36 bits per heavy atom. The van der Waals surface area contributed by atoms with Crippen LogP contribution in [0.3, 0.4) is 0 Å². The number of rotatable bonds is 2. The Labute approximate surface area is 80.7 Å². The van der Waals surface area contributed by atoms with E-state index in [1.54, 1.807) is 12.1 Å². The Balaban J connectivity index is 2.25. The zero-order chi connectivity index (χ0) is 9.80. The molecule has 0 fully saturated rings. The Kier molecular flexibility index (Phi) is 2.34. The van der Waals surface area contributed by atoms with Crippen LogP contribution in [0.1, 0.15) is 5.56 Å². The highest BCUT2D eigenvalue weighted by atomic mass is 16.5. The molecule has 0 spiro atoms. The van der Waals surface area contributed by atoms with E-state index in [2.05, 4.69) is 15.0 Å². The normalized spacial score (nSPS) is 14.1. The lowest BCUT2D eigenvalue weighted by Gasteiger charge is -2.00. The van der Waals surface area contributed by atoms with Crippen molar-refractivity contribution >= 4 is 11.6 Å². The molecule has 0 aromatic heterocycles. The van der Waals surface area contributed by atoms with Gasteiger partial charge in [-0.15, -0.1) is 0 Å². The molecule has 0 aliphatic carbocycles. The zero-order valence-corrected chi connectivity index (χ0v) is 7.42. The van der Waals surface area contributed by atoms with Gasteiger partial charge in [-0.05, 0) is 17.7 Å². The van der Waals surface area contributed by atoms with E-state index in [1.807, 2.05) is 12.1 Å². The summed E-state index contributed by atoms with van der Waals surface area (Å²) in [5.41, 5.74) is 9.72. The lowest BCUT2D eigenvalue weighted by molar-refractivity contribution is 0.348. The van der Waals surface area contributed by atoms with E-state index < -0.39 is 0 Å². The van der Waals surface area contributed by atoms with Gasteiger partial charge in [0.1, 0.15) is 6.61 Å². The second-order valence-corrected chi connectivity index (χ2v) is 2.77. The highest BCUT2D eigenvalue weighted by Gasteiger charge is 2.08. The van der Waals surface area contributed by atoms with Crippen LogP contribution in [0.25, 0.3) is 10.4 Å². The van der Waals surface area contributed by atoms with Gasteiger partial charge in [-0.2, -0.15) is 0 Å². The van der Waals surface area contributed by atoms with Gasteiger partial charge in [-0.1, -0.05) is 17.2 Å². The summed E-state index contributed by atoms with van der Waals surface area (Å²) in [7, 11) is 0. The first-order valence-corrected chi connectivity index (χ1v) is 4.23. The number of hydrogen-bond acceptors (Lipinski definition) is 3. The third kappa shape index (κ3) is 1.67. The second kappa shape index (κ2) is 3.81. The minimum Gasteiger partial charge on any atom is -0.476 e. The standard InChI is InChI=1S/C9H8N4O/c10-13-12-8-3-1-7(2-4-8)9-11-5-6-14-9/h1-4H,5-6H2. The summed E-state index contributed by atoms with van der Waals surface area (Å²) in [5, 5.41) is 3.47. The highest BCUT2D eigenvalue weighted by molar-refractivity contribution is 5.95. The maximum Gasteiger partial charge on any atom is 0.216 e. The van der Waals surface area contributed by atoms with E-state index in [1.165, 1.54) is 0 Å². The first-order valence-electron chi connectivity index (χ1n) is 4.23. The Bertz CT molecular complexity index is 403. The van der Waals surface area contributed by atoms with E-state index in [0.717, 1.165) is 5.56 Å². The summed E-state index contributed by atoms with van der Waals surface area (Å²) >= 11 is 0. The molecule has 0 bridgehead atoms. The molecule has 1 aliphatic rings. The third-order valence-electron chi connectivity index (χ3n) is 1.86. The summed E-state index contributed by atoms with van der Waals surface area (Å²) in [6.07, 6.45) is 0. The van der Waals surface area contributed by atoms with Crippen LogP contribution < -0.4 is 0 Å². The van der Waals surface area contributed by atoms with Crippen LogP contribution in [0.15, 0.2) is 34.4 Å². The second-order valence-electron chi connectivity index (χ2n) is 2.77. The maximum atomic E-state index is 8.21. The van der Waals surface area contributed by atoms with Crippen molar-refractivity contribution in [2.75, 3.05) is 13.2 Å². The molecule has 0 saturated heterocycles. The molecular weight excluding hydrogens is 180 g/mol. The number of azide groups is 1. The van der Waals surface area contributed by atoms with E-state index in [-0.39, 0.29) is 0 Å². The van der Waals surface area contributed by atoms with Crippen LogP contribution in [-0.2, 0) is 4.74 Å². The van der Waals surface area contributed by atoms with Crippen molar-refractivity contribution in [2.45, 2.75) is 0 Å². The van der Waals surface area contributed by atoms with Gasteiger partial charge < -0.3 is 4.74 Å². The number of ether oxygens (including phenoxy) is 1. The molecule has 5 heteroatoms. The summed E-state index contributed by atoms with van der Waals surface area (Å²) in [4.78, 5) is 6.87. The lowest BCUT2D eigenvalue weighted by atomic mass is 10.2. The Morgan fingerprint density at radius 2 is 2.14 bits per heavy atom. The molecule has 0 radical (unpaired) electrons. The molecule has 0 amide bonds. The predicted molar refractivity (Wildman–Crippen MR) is 52.6 cm³/mol. The van der Waals surface area contributed by atoms with Gasteiger partial charge in [0.05, 0.1) is 6.54 Å². The van der Waals surface area contributed by atoms with E-state index in [0.29, 0.717) is 24.7 Å². The summed E-state index contributed by atoms with van der Waals surface area (Å²) in [6.45, 7) is 1.36. The summed E-state index contributed by atoms with van der Waals surface area (Å²) in [6, 6.07) is 7.13. The van der Waals surface area contributed by atoms with Gasteiger partial charge in [0.25, 0.3) is 0 Å². The lowest BCUT2D eigenvalue weighted by Crippen LogP contribution is -1.99. The first-order chi connectivity index (χ1) is 6.90. The summed E-state index contributed by atoms with van der Waals surface area (Å²) < 4.78 is 5.29. The number of nitrogens with zero attached hydrogens (tertiary/aromatic N) is 4. The molecule has 0 N–H and O–H groups in total. The minimum atomic E-state index is 0.592. The van der Waals surface area contributed by atoms with Crippen molar-refractivity contribution in [2.24, 2.45) is 10.1 Å². The fourth-order valence-corrected chi connectivity index (χ4v) is 1.23. The monoisotopic (exact) mass is 188 g/mol. The van der Waals surface area contributed by atoms with Crippen molar-refractivity contribution in [3.05, 3.63) is 40.3 Å². The predicted octanol–water partition coefficient (Wildman–Crippen LogP) is 2.41. The molecule has 1 aromatic carbocycles. The quantitative estimate of drug-likeness (QED) is 0.399. The average molecular weight is 188 g/mol. The molecule has 5 nitrogen and oxygen atoms in total. The third-order valence-corrected chi connectivity index (χ3v) is 1.86. The van der Waals surface area contributed by atoms with Crippen molar-refractivity contribution < 1.29 is 4.74 Å². The molecule has 1 aromatic rings. The van der Waals surface area contributed by atoms with Gasteiger partial charge in [-0.25, -0.2) is 4.99 Å². The van der Waals surface area contributed by atoms with Crippen LogP contribution in [-0.4, -0.2) is 19.0 Å². The van der Waals surface area contributed by atoms with E-state index in [4.69, 9.17) is 10.3 Å². The molecule has 70 valence electrons. The fourth-order valence-electron chi connectivity index (χ4n) is 1.23. The largest absolute Gasteiger partial charge is 0.476 e. The Hall–Kier alpha value is -2.00. The minimum absolute atomic E-state index is 0.592. The molecule has 0 atom stereocenters. The molecule has 14 heavy (non-hydrogen) atoms. The van der Waals surface area contributed by atoms with Crippen LogP contribution in [0.5, 0.6) is 0 Å². The molecule has 1 heterocycles. The van der Waals surface area contributed by atoms with E-state index in [9.17, 15) is 0 Å². The van der Waals surface area contributed by atoms with Crippen molar-refractivity contribution in [3.8, 4) is 0 Å². The van der Waals surface area contributed by atoms with Crippen molar-refractivity contribution in [1.29, 1.82) is 0 Å². The Morgan fingerprint density at radius 3 is 2.71 bits per heavy atom.